The average Bonchev–Trinajstić information content (AvgIpc) is 2.53. The number of ether oxygens (including phenoxy) is 1. The van der Waals surface area contributed by atoms with Crippen LogP contribution in [0.3, 0.4) is 0 Å². The molecule has 0 bridgehead atoms. The molecule has 0 fully saturated rings. The zero-order valence-electron chi connectivity index (χ0n) is 14.2. The van der Waals surface area contributed by atoms with Crippen molar-refractivity contribution in [3.05, 3.63) is 24.3 Å². The standard InChI is InChI=1S/C14H19F3N2O6S2/c1-2-26(21,22)10-9-18-13(20)7-8-19-27(23,24)12-5-3-11(4-6-12)25-14(15,16)17/h3-6,19H,2,7-10H2,1H3,(H,18,20). The molecule has 0 atom stereocenters. The number of benzene rings is 1. The molecule has 0 aliphatic heterocycles. The number of carbonyl (C=O) groups excluding carboxylic acids is 1. The van der Waals surface area contributed by atoms with Crippen molar-refractivity contribution in [2.24, 2.45) is 0 Å². The Labute approximate surface area is 155 Å². The number of nitrogens with one attached hydrogen (secondary N) is 2. The molecule has 154 valence electrons. The van der Waals surface area contributed by atoms with Crippen molar-refractivity contribution < 1.29 is 39.5 Å². The number of sulfonamides is 1. The van der Waals surface area contributed by atoms with Crippen molar-refractivity contribution in [2.45, 2.75) is 24.6 Å². The molecule has 0 unspecified atom stereocenters. The van der Waals surface area contributed by atoms with Gasteiger partial charge in [-0.3, -0.25) is 4.79 Å². The Balaban J connectivity index is 2.48. The van der Waals surface area contributed by atoms with E-state index in [-0.39, 0.29) is 35.9 Å². The molecule has 0 saturated carbocycles. The van der Waals surface area contributed by atoms with E-state index in [0.717, 1.165) is 24.3 Å². The minimum Gasteiger partial charge on any atom is -0.406 e. The molecule has 1 aromatic carbocycles. The maximum Gasteiger partial charge on any atom is 0.573 e. The smallest absolute Gasteiger partial charge is 0.406 e. The summed E-state index contributed by atoms with van der Waals surface area (Å²) >= 11 is 0. The van der Waals surface area contributed by atoms with Crippen LogP contribution >= 0.6 is 0 Å². The maximum absolute atomic E-state index is 12.1. The summed E-state index contributed by atoms with van der Waals surface area (Å²) in [6.45, 7) is 1.13. The highest BCUT2D eigenvalue weighted by molar-refractivity contribution is 7.91. The van der Waals surface area contributed by atoms with Gasteiger partial charge in [-0.1, -0.05) is 6.92 Å². The van der Waals surface area contributed by atoms with Gasteiger partial charge in [0.15, 0.2) is 9.84 Å². The van der Waals surface area contributed by atoms with Gasteiger partial charge in [0, 0.05) is 25.3 Å². The summed E-state index contributed by atoms with van der Waals surface area (Å²) in [6.07, 6.45) is -5.12. The third-order valence-electron chi connectivity index (χ3n) is 3.19. The molecular weight excluding hydrogens is 413 g/mol. The minimum absolute atomic E-state index is 0.0462. The first-order valence-corrected chi connectivity index (χ1v) is 11.0. The van der Waals surface area contributed by atoms with Gasteiger partial charge in [0.05, 0.1) is 10.6 Å². The monoisotopic (exact) mass is 432 g/mol. The van der Waals surface area contributed by atoms with E-state index in [1.807, 2.05) is 0 Å². The summed E-state index contributed by atoms with van der Waals surface area (Å²) in [5.74, 6) is -1.37. The van der Waals surface area contributed by atoms with Gasteiger partial charge in [0.1, 0.15) is 5.75 Å². The number of hydrogen-bond acceptors (Lipinski definition) is 6. The Hall–Kier alpha value is -1.86. The number of sulfone groups is 1. The number of amides is 1. The highest BCUT2D eigenvalue weighted by Gasteiger charge is 2.31. The fourth-order valence-electron chi connectivity index (χ4n) is 1.78. The zero-order valence-corrected chi connectivity index (χ0v) is 15.9. The van der Waals surface area contributed by atoms with Crippen LogP contribution in [-0.2, 0) is 24.7 Å². The van der Waals surface area contributed by atoms with Crippen LogP contribution in [0, 0.1) is 0 Å². The molecule has 0 aliphatic rings. The summed E-state index contributed by atoms with van der Waals surface area (Å²) in [5, 5.41) is 2.35. The molecule has 1 rings (SSSR count). The van der Waals surface area contributed by atoms with Gasteiger partial charge in [-0.2, -0.15) is 0 Å². The van der Waals surface area contributed by atoms with Crippen molar-refractivity contribution in [1.82, 2.24) is 10.0 Å². The van der Waals surface area contributed by atoms with Crippen LogP contribution < -0.4 is 14.8 Å². The molecular formula is C14H19F3N2O6S2. The largest absolute Gasteiger partial charge is 0.573 e. The van der Waals surface area contributed by atoms with Crippen molar-refractivity contribution >= 4 is 25.8 Å². The number of hydrogen-bond donors (Lipinski definition) is 2. The molecule has 0 saturated heterocycles. The fourth-order valence-corrected chi connectivity index (χ4v) is 3.51. The van der Waals surface area contributed by atoms with E-state index in [9.17, 15) is 34.8 Å². The SMILES string of the molecule is CCS(=O)(=O)CCNC(=O)CCNS(=O)(=O)c1ccc(OC(F)(F)F)cc1. The van der Waals surface area contributed by atoms with Gasteiger partial charge in [0.2, 0.25) is 15.9 Å². The molecule has 2 N–H and O–H groups in total. The van der Waals surface area contributed by atoms with E-state index in [1.54, 1.807) is 0 Å². The molecule has 0 aromatic heterocycles. The Kier molecular flexibility index (Phi) is 8.04. The van der Waals surface area contributed by atoms with Crippen LogP contribution in [0.25, 0.3) is 0 Å². The first kappa shape index (κ1) is 23.2. The summed E-state index contributed by atoms with van der Waals surface area (Å²) < 4.78 is 88.5. The molecule has 8 nitrogen and oxygen atoms in total. The Morgan fingerprint density at radius 2 is 1.67 bits per heavy atom. The van der Waals surface area contributed by atoms with Crippen LogP contribution in [0.4, 0.5) is 13.2 Å². The van der Waals surface area contributed by atoms with Crippen LogP contribution in [0.2, 0.25) is 0 Å². The Bertz CT molecular complexity index is 837. The predicted octanol–water partition coefficient (Wildman–Crippen LogP) is 0.804. The van der Waals surface area contributed by atoms with Crippen LogP contribution in [-0.4, -0.2) is 53.7 Å². The second-order valence-corrected chi connectivity index (χ2v) is 9.49. The van der Waals surface area contributed by atoms with Crippen molar-refractivity contribution in [3.63, 3.8) is 0 Å². The van der Waals surface area contributed by atoms with Gasteiger partial charge in [0.25, 0.3) is 0 Å². The minimum atomic E-state index is -4.89. The number of alkyl halides is 3. The van der Waals surface area contributed by atoms with E-state index < -0.39 is 37.9 Å². The maximum atomic E-state index is 12.1. The van der Waals surface area contributed by atoms with Gasteiger partial charge in [-0.05, 0) is 24.3 Å². The summed E-state index contributed by atoms with van der Waals surface area (Å²) in [6, 6.07) is 3.56. The first-order chi connectivity index (χ1) is 12.3. The number of halogens is 3. The molecule has 0 radical (unpaired) electrons. The molecule has 0 spiro atoms. The van der Waals surface area contributed by atoms with E-state index in [4.69, 9.17) is 0 Å². The van der Waals surface area contributed by atoms with Gasteiger partial charge < -0.3 is 10.1 Å². The molecule has 27 heavy (non-hydrogen) atoms. The highest BCUT2D eigenvalue weighted by Crippen LogP contribution is 2.23. The van der Waals surface area contributed by atoms with Crippen LogP contribution in [0.15, 0.2) is 29.2 Å². The van der Waals surface area contributed by atoms with Gasteiger partial charge in [-0.25, -0.2) is 21.6 Å². The lowest BCUT2D eigenvalue weighted by Gasteiger charge is -2.10. The van der Waals surface area contributed by atoms with Crippen LogP contribution in [0.5, 0.6) is 5.75 Å². The Morgan fingerprint density at radius 3 is 2.19 bits per heavy atom. The molecule has 13 heteroatoms. The lowest BCUT2D eigenvalue weighted by Crippen LogP contribution is -2.33. The van der Waals surface area contributed by atoms with E-state index in [0.29, 0.717) is 0 Å². The third kappa shape index (κ3) is 9.06. The quantitative estimate of drug-likeness (QED) is 0.565. The van der Waals surface area contributed by atoms with E-state index in [2.05, 4.69) is 14.8 Å². The Morgan fingerprint density at radius 1 is 1.07 bits per heavy atom. The molecule has 0 heterocycles. The third-order valence-corrected chi connectivity index (χ3v) is 6.37. The van der Waals surface area contributed by atoms with E-state index in [1.165, 1.54) is 6.92 Å². The summed E-state index contributed by atoms with van der Waals surface area (Å²) in [4.78, 5) is 11.3. The fraction of sp³-hybridized carbons (Fsp3) is 0.500. The predicted molar refractivity (Wildman–Crippen MR) is 90.3 cm³/mol. The van der Waals surface area contributed by atoms with Gasteiger partial charge in [-0.15, -0.1) is 13.2 Å². The first-order valence-electron chi connectivity index (χ1n) is 7.67. The zero-order chi connectivity index (χ0) is 20.7. The topological polar surface area (TPSA) is 119 Å². The van der Waals surface area contributed by atoms with Crippen LogP contribution in [0.1, 0.15) is 13.3 Å². The van der Waals surface area contributed by atoms with Crippen molar-refractivity contribution in [3.8, 4) is 5.75 Å². The molecule has 0 aliphatic carbocycles. The highest BCUT2D eigenvalue weighted by atomic mass is 32.2. The number of rotatable bonds is 10. The lowest BCUT2D eigenvalue weighted by molar-refractivity contribution is -0.274. The van der Waals surface area contributed by atoms with Crippen molar-refractivity contribution in [1.29, 1.82) is 0 Å². The second kappa shape index (κ2) is 9.37. The second-order valence-electron chi connectivity index (χ2n) is 5.25. The molecule has 1 aromatic rings. The molecule has 1 amide bonds. The summed E-state index contributed by atoms with van der Waals surface area (Å²) in [7, 11) is -7.24. The van der Waals surface area contributed by atoms with Gasteiger partial charge >= 0.3 is 6.36 Å². The lowest BCUT2D eigenvalue weighted by atomic mass is 10.3. The van der Waals surface area contributed by atoms with Crippen molar-refractivity contribution in [2.75, 3.05) is 24.6 Å². The summed E-state index contributed by atoms with van der Waals surface area (Å²) in [5.41, 5.74) is 0. The number of carbonyl (C=O) groups is 1. The normalized spacial score (nSPS) is 12.6. The van der Waals surface area contributed by atoms with E-state index >= 15 is 0 Å². The average molecular weight is 432 g/mol.